The van der Waals surface area contributed by atoms with Gasteiger partial charge in [-0.1, -0.05) is 63.6 Å². The molecule has 0 aliphatic carbocycles. The van der Waals surface area contributed by atoms with Gasteiger partial charge in [-0.15, -0.1) is 0 Å². The normalized spacial score (nSPS) is 11.3. The van der Waals surface area contributed by atoms with E-state index >= 15 is 0 Å². The lowest BCUT2D eigenvalue weighted by Crippen LogP contribution is -2.28. The zero-order valence-corrected chi connectivity index (χ0v) is 13.1. The molecule has 0 unspecified atom stereocenters. The fourth-order valence-electron chi connectivity index (χ4n) is 1.78. The molecule has 0 bridgehead atoms. The van der Waals surface area contributed by atoms with Crippen LogP contribution in [0.15, 0.2) is 10.2 Å². The Morgan fingerprint density at radius 3 is 1.30 bits per heavy atom. The third kappa shape index (κ3) is 8.61. The molecule has 4 amide bonds. The van der Waals surface area contributed by atoms with E-state index in [9.17, 15) is 9.59 Å². The van der Waals surface area contributed by atoms with Crippen LogP contribution < -0.4 is 10.6 Å². The smallest absolute Gasteiger partial charge is 0.335 e. The SMILES string of the molecule is CCC(CC)CNC(=O)N=NC(=O)NCC(CC)CC. The van der Waals surface area contributed by atoms with Crippen LogP contribution in [0.5, 0.6) is 0 Å². The lowest BCUT2D eigenvalue weighted by atomic mass is 10.0. The highest BCUT2D eigenvalue weighted by atomic mass is 16.2. The monoisotopic (exact) mass is 284 g/mol. The van der Waals surface area contributed by atoms with Crippen LogP contribution in [-0.4, -0.2) is 25.2 Å². The van der Waals surface area contributed by atoms with Crippen LogP contribution >= 0.6 is 0 Å². The largest absolute Gasteiger partial charge is 0.359 e. The number of rotatable bonds is 8. The van der Waals surface area contributed by atoms with Crippen molar-refractivity contribution in [2.75, 3.05) is 13.1 Å². The molecule has 0 saturated carbocycles. The summed E-state index contributed by atoms with van der Waals surface area (Å²) in [5.41, 5.74) is 0. The Morgan fingerprint density at radius 2 is 1.05 bits per heavy atom. The van der Waals surface area contributed by atoms with Crippen molar-refractivity contribution < 1.29 is 9.59 Å². The van der Waals surface area contributed by atoms with Crippen molar-refractivity contribution in [2.45, 2.75) is 53.4 Å². The average molecular weight is 284 g/mol. The molecule has 20 heavy (non-hydrogen) atoms. The Bertz CT molecular complexity index is 280. The van der Waals surface area contributed by atoms with Crippen molar-refractivity contribution in [1.82, 2.24) is 10.6 Å². The molecule has 116 valence electrons. The minimum atomic E-state index is -0.561. The Hall–Kier alpha value is -1.46. The molecule has 0 rings (SSSR count). The van der Waals surface area contributed by atoms with Gasteiger partial charge in [0.15, 0.2) is 0 Å². The number of urea groups is 2. The van der Waals surface area contributed by atoms with Gasteiger partial charge in [0.2, 0.25) is 0 Å². The highest BCUT2D eigenvalue weighted by Gasteiger charge is 2.07. The van der Waals surface area contributed by atoms with Crippen LogP contribution in [0, 0.1) is 11.8 Å². The highest BCUT2D eigenvalue weighted by Crippen LogP contribution is 2.06. The maximum Gasteiger partial charge on any atom is 0.359 e. The van der Waals surface area contributed by atoms with E-state index in [0.717, 1.165) is 25.7 Å². The number of carbonyl (C=O) groups is 2. The third-order valence-electron chi connectivity index (χ3n) is 3.62. The first-order valence-electron chi connectivity index (χ1n) is 7.54. The minimum absolute atomic E-state index is 0.442. The Labute approximate surface area is 121 Å². The van der Waals surface area contributed by atoms with Gasteiger partial charge in [-0.25, -0.2) is 9.59 Å². The topological polar surface area (TPSA) is 82.9 Å². The lowest BCUT2D eigenvalue weighted by molar-refractivity contribution is 0.238. The number of amides is 4. The summed E-state index contributed by atoms with van der Waals surface area (Å²) in [6.45, 7) is 9.45. The fourth-order valence-corrected chi connectivity index (χ4v) is 1.78. The van der Waals surface area contributed by atoms with Gasteiger partial charge in [0.1, 0.15) is 0 Å². The van der Waals surface area contributed by atoms with E-state index in [1.54, 1.807) is 0 Å². The summed E-state index contributed by atoms with van der Waals surface area (Å²) in [6, 6.07) is -1.12. The van der Waals surface area contributed by atoms with Gasteiger partial charge in [0.25, 0.3) is 0 Å². The van der Waals surface area contributed by atoms with Crippen molar-refractivity contribution in [3.8, 4) is 0 Å². The van der Waals surface area contributed by atoms with Gasteiger partial charge < -0.3 is 10.6 Å². The van der Waals surface area contributed by atoms with Crippen molar-refractivity contribution in [1.29, 1.82) is 0 Å². The number of nitrogens with zero attached hydrogens (tertiary/aromatic N) is 2. The summed E-state index contributed by atoms with van der Waals surface area (Å²) >= 11 is 0. The summed E-state index contributed by atoms with van der Waals surface area (Å²) in [5, 5.41) is 12.0. The van der Waals surface area contributed by atoms with E-state index < -0.39 is 12.1 Å². The standard InChI is InChI=1S/C14H28N4O2/c1-5-11(6-2)9-15-13(19)17-18-14(20)16-10-12(7-3)8-4/h11-12H,5-10H2,1-4H3,(H,15,19)(H,16,20). The molecular weight excluding hydrogens is 256 g/mol. The van der Waals surface area contributed by atoms with Gasteiger partial charge in [0, 0.05) is 13.1 Å². The summed E-state index contributed by atoms with van der Waals surface area (Å²) < 4.78 is 0. The molecule has 0 fully saturated rings. The zero-order valence-electron chi connectivity index (χ0n) is 13.1. The zero-order chi connectivity index (χ0) is 15.4. The first-order valence-corrected chi connectivity index (χ1v) is 7.54. The average Bonchev–Trinajstić information content (AvgIpc) is 2.47. The number of carbonyl (C=O) groups excluding carboxylic acids is 2. The minimum Gasteiger partial charge on any atom is -0.335 e. The van der Waals surface area contributed by atoms with Crippen LogP contribution in [-0.2, 0) is 0 Å². The quantitative estimate of drug-likeness (QED) is 0.666. The second-order valence-corrected chi connectivity index (χ2v) is 4.94. The molecule has 2 N–H and O–H groups in total. The first kappa shape index (κ1) is 18.5. The molecule has 0 spiro atoms. The van der Waals surface area contributed by atoms with Crippen LogP contribution in [0.1, 0.15) is 53.4 Å². The Kier molecular flexibility index (Phi) is 10.5. The number of hydrogen-bond acceptors (Lipinski definition) is 2. The summed E-state index contributed by atoms with van der Waals surface area (Å²) in [6.07, 6.45) is 4.02. The van der Waals surface area contributed by atoms with Crippen LogP contribution in [0.4, 0.5) is 9.59 Å². The van der Waals surface area contributed by atoms with Gasteiger partial charge in [-0.2, -0.15) is 0 Å². The second-order valence-electron chi connectivity index (χ2n) is 4.94. The lowest BCUT2D eigenvalue weighted by Gasteiger charge is -2.11. The van der Waals surface area contributed by atoms with Crippen molar-refractivity contribution in [3.63, 3.8) is 0 Å². The maximum absolute atomic E-state index is 11.4. The second kappa shape index (κ2) is 11.4. The molecule has 0 aromatic rings. The molecule has 0 saturated heterocycles. The Balaban J connectivity index is 3.96. The first-order chi connectivity index (χ1) is 9.57. The summed E-state index contributed by atoms with van der Waals surface area (Å²) in [4.78, 5) is 22.8. The molecule has 0 atom stereocenters. The van der Waals surface area contributed by atoms with Gasteiger partial charge in [-0.3, -0.25) is 0 Å². The van der Waals surface area contributed by atoms with Gasteiger partial charge in [-0.05, 0) is 11.8 Å². The van der Waals surface area contributed by atoms with Gasteiger partial charge >= 0.3 is 12.1 Å². The molecule has 6 nitrogen and oxygen atoms in total. The molecular formula is C14H28N4O2. The van der Waals surface area contributed by atoms with E-state index in [1.165, 1.54) is 0 Å². The molecule has 0 heterocycles. The molecule has 0 aromatic heterocycles. The fraction of sp³-hybridized carbons (Fsp3) is 0.857. The predicted octanol–water partition coefficient (Wildman–Crippen LogP) is 3.73. The van der Waals surface area contributed by atoms with Gasteiger partial charge in [0.05, 0.1) is 0 Å². The maximum atomic E-state index is 11.4. The summed E-state index contributed by atoms with van der Waals surface area (Å²) in [5.74, 6) is 0.885. The molecule has 0 aromatic carbocycles. The van der Waals surface area contributed by atoms with Crippen molar-refractivity contribution >= 4 is 12.1 Å². The number of hydrogen-bond donors (Lipinski definition) is 2. The van der Waals surface area contributed by atoms with Crippen molar-refractivity contribution in [2.24, 2.45) is 22.1 Å². The molecule has 0 aliphatic heterocycles. The number of nitrogens with one attached hydrogen (secondary N) is 2. The molecule has 6 heteroatoms. The van der Waals surface area contributed by atoms with E-state index in [2.05, 4.69) is 48.6 Å². The van der Waals surface area contributed by atoms with Crippen LogP contribution in [0.3, 0.4) is 0 Å². The van der Waals surface area contributed by atoms with E-state index in [1.807, 2.05) is 0 Å². The predicted molar refractivity (Wildman–Crippen MR) is 79.8 cm³/mol. The highest BCUT2D eigenvalue weighted by molar-refractivity contribution is 5.79. The van der Waals surface area contributed by atoms with Crippen molar-refractivity contribution in [3.05, 3.63) is 0 Å². The molecule has 0 radical (unpaired) electrons. The van der Waals surface area contributed by atoms with E-state index in [0.29, 0.717) is 24.9 Å². The number of azo groups is 1. The third-order valence-corrected chi connectivity index (χ3v) is 3.62. The summed E-state index contributed by atoms with van der Waals surface area (Å²) in [7, 11) is 0. The van der Waals surface area contributed by atoms with E-state index in [-0.39, 0.29) is 0 Å². The Morgan fingerprint density at radius 1 is 0.750 bits per heavy atom. The van der Waals surface area contributed by atoms with Crippen LogP contribution in [0.25, 0.3) is 0 Å². The molecule has 0 aliphatic rings. The van der Waals surface area contributed by atoms with E-state index in [4.69, 9.17) is 0 Å². The van der Waals surface area contributed by atoms with Crippen LogP contribution in [0.2, 0.25) is 0 Å².